The van der Waals surface area contributed by atoms with Gasteiger partial charge in [-0.3, -0.25) is 4.79 Å². The number of aryl methyl sites for hydroxylation is 1. The van der Waals surface area contributed by atoms with E-state index in [0.717, 1.165) is 36.3 Å². The molecule has 0 spiro atoms. The number of amides is 1. The Labute approximate surface area is 102 Å². The van der Waals surface area contributed by atoms with E-state index in [1.54, 1.807) is 7.05 Å². The minimum absolute atomic E-state index is 0.0551. The smallest absolute Gasteiger partial charge is 0.242 e. The molecule has 0 aromatic heterocycles. The molecule has 1 unspecified atom stereocenters. The number of benzene rings is 1. The Balaban J connectivity index is 2.32. The van der Waals surface area contributed by atoms with E-state index in [9.17, 15) is 4.79 Å². The fraction of sp³-hybridized carbons (Fsp3) is 0.462. The van der Waals surface area contributed by atoms with Gasteiger partial charge in [0.1, 0.15) is 6.04 Å². The van der Waals surface area contributed by atoms with Gasteiger partial charge in [0.25, 0.3) is 0 Å². The van der Waals surface area contributed by atoms with Gasteiger partial charge in [-0.1, -0.05) is 6.07 Å². The molecular weight excluding hydrogens is 214 g/mol. The number of hydrogen-bond acceptors (Lipinski definition) is 3. The molecule has 2 rings (SSSR count). The highest BCUT2D eigenvalue weighted by atomic mass is 16.2. The van der Waals surface area contributed by atoms with Gasteiger partial charge >= 0.3 is 0 Å². The van der Waals surface area contributed by atoms with Crippen molar-refractivity contribution in [3.8, 4) is 0 Å². The first-order valence-corrected chi connectivity index (χ1v) is 5.98. The molecule has 0 saturated carbocycles. The summed E-state index contributed by atoms with van der Waals surface area (Å²) in [6.07, 6.45) is 1.96. The first-order valence-electron chi connectivity index (χ1n) is 5.98. The third-order valence-corrected chi connectivity index (χ3v) is 3.34. The summed E-state index contributed by atoms with van der Waals surface area (Å²) in [5.74, 6) is 0.0873. The fourth-order valence-corrected chi connectivity index (χ4v) is 2.43. The third-order valence-electron chi connectivity index (χ3n) is 3.34. The lowest BCUT2D eigenvalue weighted by Crippen LogP contribution is -2.42. The third kappa shape index (κ3) is 2.20. The van der Waals surface area contributed by atoms with Crippen molar-refractivity contribution in [1.29, 1.82) is 0 Å². The average Bonchev–Trinajstić information content (AvgIpc) is 2.80. The van der Waals surface area contributed by atoms with E-state index in [1.165, 1.54) is 0 Å². The predicted molar refractivity (Wildman–Crippen MR) is 70.0 cm³/mol. The van der Waals surface area contributed by atoms with Crippen LogP contribution in [0.15, 0.2) is 18.2 Å². The van der Waals surface area contributed by atoms with Gasteiger partial charge in [0, 0.05) is 25.0 Å². The second-order valence-electron chi connectivity index (χ2n) is 4.51. The quantitative estimate of drug-likeness (QED) is 0.757. The second kappa shape index (κ2) is 4.65. The van der Waals surface area contributed by atoms with Gasteiger partial charge in [-0.15, -0.1) is 0 Å². The van der Waals surface area contributed by atoms with Crippen LogP contribution in [-0.4, -0.2) is 25.5 Å². The zero-order valence-electron chi connectivity index (χ0n) is 10.4. The maximum Gasteiger partial charge on any atom is 0.242 e. The predicted octanol–water partition coefficient (Wildman–Crippen LogP) is 1.29. The molecule has 3 N–H and O–H groups in total. The molecule has 1 fully saturated rings. The SMILES string of the molecule is CNC(=O)C1CCCN1c1cc(N)ccc1C. The van der Waals surface area contributed by atoms with Crippen LogP contribution in [-0.2, 0) is 4.79 Å². The van der Waals surface area contributed by atoms with Gasteiger partial charge in [0.05, 0.1) is 0 Å². The van der Waals surface area contributed by atoms with Crippen LogP contribution in [0.4, 0.5) is 11.4 Å². The van der Waals surface area contributed by atoms with Gasteiger partial charge in [-0.05, 0) is 37.5 Å². The van der Waals surface area contributed by atoms with E-state index in [-0.39, 0.29) is 11.9 Å². The lowest BCUT2D eigenvalue weighted by Gasteiger charge is -2.27. The van der Waals surface area contributed by atoms with Crippen molar-refractivity contribution in [3.05, 3.63) is 23.8 Å². The number of carbonyl (C=O) groups excluding carboxylic acids is 1. The molecule has 1 saturated heterocycles. The summed E-state index contributed by atoms with van der Waals surface area (Å²) in [6, 6.07) is 5.80. The molecule has 1 heterocycles. The number of likely N-dealkylation sites (N-methyl/N-ethyl adjacent to an activating group) is 1. The lowest BCUT2D eigenvalue weighted by atomic mass is 10.1. The highest BCUT2D eigenvalue weighted by Gasteiger charge is 2.30. The summed E-state index contributed by atoms with van der Waals surface area (Å²) in [7, 11) is 1.69. The minimum atomic E-state index is -0.0551. The van der Waals surface area contributed by atoms with Crippen LogP contribution in [0.3, 0.4) is 0 Å². The minimum Gasteiger partial charge on any atom is -0.399 e. The Morgan fingerprint density at radius 3 is 3.00 bits per heavy atom. The van der Waals surface area contributed by atoms with Crippen LogP contribution in [0.5, 0.6) is 0 Å². The van der Waals surface area contributed by atoms with Crippen molar-refractivity contribution in [2.75, 3.05) is 24.2 Å². The Morgan fingerprint density at radius 1 is 1.53 bits per heavy atom. The van der Waals surface area contributed by atoms with Gasteiger partial charge in [-0.2, -0.15) is 0 Å². The molecule has 0 aliphatic carbocycles. The van der Waals surface area contributed by atoms with E-state index < -0.39 is 0 Å². The summed E-state index contributed by atoms with van der Waals surface area (Å²) < 4.78 is 0. The van der Waals surface area contributed by atoms with Crippen molar-refractivity contribution in [2.45, 2.75) is 25.8 Å². The molecule has 1 aliphatic heterocycles. The number of nitrogens with two attached hydrogens (primary N) is 1. The first-order chi connectivity index (χ1) is 8.13. The van der Waals surface area contributed by atoms with Gasteiger partial charge in [0.15, 0.2) is 0 Å². The highest BCUT2D eigenvalue weighted by Crippen LogP contribution is 2.30. The Morgan fingerprint density at radius 2 is 2.29 bits per heavy atom. The van der Waals surface area contributed by atoms with Crippen LogP contribution < -0.4 is 16.0 Å². The summed E-state index contributed by atoms with van der Waals surface area (Å²) in [5, 5.41) is 2.73. The fourth-order valence-electron chi connectivity index (χ4n) is 2.43. The number of anilines is 2. The second-order valence-corrected chi connectivity index (χ2v) is 4.51. The van der Waals surface area contributed by atoms with Crippen molar-refractivity contribution in [1.82, 2.24) is 5.32 Å². The summed E-state index contributed by atoms with van der Waals surface area (Å²) in [5.41, 5.74) is 8.81. The van der Waals surface area contributed by atoms with Crippen molar-refractivity contribution >= 4 is 17.3 Å². The van der Waals surface area contributed by atoms with Crippen LogP contribution >= 0.6 is 0 Å². The molecule has 0 radical (unpaired) electrons. The van der Waals surface area contributed by atoms with E-state index in [1.807, 2.05) is 25.1 Å². The van der Waals surface area contributed by atoms with E-state index >= 15 is 0 Å². The standard InChI is InChI=1S/C13H19N3O/c1-9-5-6-10(14)8-12(9)16-7-3-4-11(16)13(17)15-2/h5-6,8,11H,3-4,7,14H2,1-2H3,(H,15,17). The average molecular weight is 233 g/mol. The Hall–Kier alpha value is -1.71. The first kappa shape index (κ1) is 11.8. The number of hydrogen-bond donors (Lipinski definition) is 2. The van der Waals surface area contributed by atoms with Crippen molar-refractivity contribution < 1.29 is 4.79 Å². The Kier molecular flexibility index (Phi) is 3.22. The molecule has 17 heavy (non-hydrogen) atoms. The molecule has 4 nitrogen and oxygen atoms in total. The molecule has 1 aromatic carbocycles. The number of nitrogens with one attached hydrogen (secondary N) is 1. The highest BCUT2D eigenvalue weighted by molar-refractivity contribution is 5.86. The molecule has 1 aromatic rings. The zero-order chi connectivity index (χ0) is 12.4. The van der Waals surface area contributed by atoms with Crippen LogP contribution in [0.1, 0.15) is 18.4 Å². The Bertz CT molecular complexity index is 431. The number of nitrogens with zero attached hydrogens (tertiary/aromatic N) is 1. The normalized spacial score (nSPS) is 19.4. The molecule has 4 heteroatoms. The summed E-state index contributed by atoms with van der Waals surface area (Å²) in [6.45, 7) is 2.97. The van der Waals surface area contributed by atoms with Crippen LogP contribution in [0.2, 0.25) is 0 Å². The summed E-state index contributed by atoms with van der Waals surface area (Å²) >= 11 is 0. The zero-order valence-corrected chi connectivity index (χ0v) is 10.4. The molecule has 92 valence electrons. The van der Waals surface area contributed by atoms with Crippen molar-refractivity contribution in [2.24, 2.45) is 0 Å². The number of carbonyl (C=O) groups is 1. The number of rotatable bonds is 2. The summed E-state index contributed by atoms with van der Waals surface area (Å²) in [4.78, 5) is 14.0. The maximum absolute atomic E-state index is 11.8. The monoisotopic (exact) mass is 233 g/mol. The van der Waals surface area contributed by atoms with Crippen LogP contribution in [0, 0.1) is 6.92 Å². The molecule has 0 bridgehead atoms. The van der Waals surface area contributed by atoms with Gasteiger partial charge in [0.2, 0.25) is 5.91 Å². The topological polar surface area (TPSA) is 58.4 Å². The maximum atomic E-state index is 11.8. The van der Waals surface area contributed by atoms with Crippen LogP contribution in [0.25, 0.3) is 0 Å². The van der Waals surface area contributed by atoms with Crippen molar-refractivity contribution in [3.63, 3.8) is 0 Å². The van der Waals surface area contributed by atoms with E-state index in [2.05, 4.69) is 10.2 Å². The largest absolute Gasteiger partial charge is 0.399 e. The molecular formula is C13H19N3O. The molecule has 1 amide bonds. The molecule has 1 atom stereocenters. The van der Waals surface area contributed by atoms with E-state index in [4.69, 9.17) is 5.73 Å². The number of nitrogen functional groups attached to an aromatic ring is 1. The van der Waals surface area contributed by atoms with Gasteiger partial charge < -0.3 is 16.0 Å². The van der Waals surface area contributed by atoms with Gasteiger partial charge in [-0.25, -0.2) is 0 Å². The van der Waals surface area contributed by atoms with E-state index in [0.29, 0.717) is 0 Å². The molecule has 1 aliphatic rings. The lowest BCUT2D eigenvalue weighted by molar-refractivity contribution is -0.121.